The predicted molar refractivity (Wildman–Crippen MR) is 86.6 cm³/mol. The van der Waals surface area contributed by atoms with Crippen molar-refractivity contribution < 1.29 is 0 Å². The highest BCUT2D eigenvalue weighted by Crippen LogP contribution is 2.53. The average Bonchev–Trinajstić information content (AvgIpc) is 2.44. The summed E-state index contributed by atoms with van der Waals surface area (Å²) >= 11 is 3.88. The van der Waals surface area contributed by atoms with Gasteiger partial charge in [-0.2, -0.15) is 0 Å². The summed E-state index contributed by atoms with van der Waals surface area (Å²) in [4.78, 5) is 0.839. The fourth-order valence-electron chi connectivity index (χ4n) is 5.59. The number of halogens is 1. The molecule has 0 spiro atoms. The Morgan fingerprint density at radius 2 is 1.53 bits per heavy atom. The number of hydrogen-bond acceptors (Lipinski definition) is 0. The second-order valence-corrected chi connectivity index (χ2v) is 8.95. The standard InChI is InChI=1S/C18H31Br/c1-2-3-4-13-5-9-17-14(11-13)6-7-15-12-16(19)8-10-18(15)17/h13-18H,2-12H2,1H3/t13-,14?,15?,16-,17?,18?/m1/s1. The van der Waals surface area contributed by atoms with Crippen molar-refractivity contribution in [3.8, 4) is 0 Å². The third-order valence-electron chi connectivity index (χ3n) is 6.55. The van der Waals surface area contributed by atoms with Crippen LogP contribution in [0.1, 0.15) is 77.6 Å². The summed E-state index contributed by atoms with van der Waals surface area (Å²) in [7, 11) is 0. The van der Waals surface area contributed by atoms with Crippen LogP contribution in [0.2, 0.25) is 0 Å². The van der Waals surface area contributed by atoms with Gasteiger partial charge in [-0.25, -0.2) is 0 Å². The molecule has 0 amide bonds. The van der Waals surface area contributed by atoms with Crippen molar-refractivity contribution in [3.63, 3.8) is 0 Å². The minimum Gasteiger partial charge on any atom is -0.0891 e. The molecule has 0 nitrogen and oxygen atoms in total. The predicted octanol–water partition coefficient (Wildman–Crippen LogP) is 6.18. The highest BCUT2D eigenvalue weighted by atomic mass is 79.9. The third kappa shape index (κ3) is 3.22. The van der Waals surface area contributed by atoms with Gasteiger partial charge >= 0.3 is 0 Å². The maximum atomic E-state index is 3.88. The highest BCUT2D eigenvalue weighted by Gasteiger charge is 2.43. The van der Waals surface area contributed by atoms with Gasteiger partial charge in [0.2, 0.25) is 0 Å². The molecule has 19 heavy (non-hydrogen) atoms. The molecule has 0 saturated heterocycles. The van der Waals surface area contributed by atoms with Crippen LogP contribution in [0.15, 0.2) is 0 Å². The molecule has 3 aliphatic carbocycles. The van der Waals surface area contributed by atoms with Crippen LogP contribution in [-0.4, -0.2) is 4.83 Å². The second kappa shape index (κ2) is 6.50. The van der Waals surface area contributed by atoms with Crippen LogP contribution in [0, 0.1) is 29.6 Å². The molecule has 110 valence electrons. The van der Waals surface area contributed by atoms with E-state index in [9.17, 15) is 0 Å². The molecule has 0 radical (unpaired) electrons. The van der Waals surface area contributed by atoms with Crippen LogP contribution >= 0.6 is 15.9 Å². The minimum absolute atomic E-state index is 0.839. The number of hydrogen-bond donors (Lipinski definition) is 0. The lowest BCUT2D eigenvalue weighted by Crippen LogP contribution is -2.41. The summed E-state index contributed by atoms with van der Waals surface area (Å²) in [5.74, 6) is 5.51. The zero-order valence-electron chi connectivity index (χ0n) is 12.6. The maximum absolute atomic E-state index is 3.88. The Hall–Kier alpha value is 0.480. The first-order valence-corrected chi connectivity index (χ1v) is 9.83. The Bertz CT molecular complexity index is 287. The summed E-state index contributed by atoms with van der Waals surface area (Å²) in [5.41, 5.74) is 0. The molecule has 6 atom stereocenters. The van der Waals surface area contributed by atoms with Crippen LogP contribution in [0.3, 0.4) is 0 Å². The van der Waals surface area contributed by atoms with E-state index in [4.69, 9.17) is 0 Å². The summed E-state index contributed by atoms with van der Waals surface area (Å²) in [6.07, 6.45) is 16.7. The van der Waals surface area contributed by atoms with E-state index in [2.05, 4.69) is 22.9 Å². The minimum atomic E-state index is 0.839. The smallest absolute Gasteiger partial charge is 0.0148 e. The van der Waals surface area contributed by atoms with Crippen LogP contribution in [-0.2, 0) is 0 Å². The Balaban J connectivity index is 1.58. The van der Waals surface area contributed by atoms with Gasteiger partial charge in [0.1, 0.15) is 0 Å². The van der Waals surface area contributed by atoms with E-state index in [0.717, 1.165) is 34.4 Å². The fraction of sp³-hybridized carbons (Fsp3) is 1.00. The molecule has 0 aliphatic heterocycles. The monoisotopic (exact) mass is 326 g/mol. The number of unbranched alkanes of at least 4 members (excludes halogenated alkanes) is 1. The van der Waals surface area contributed by atoms with Crippen molar-refractivity contribution in [1.82, 2.24) is 0 Å². The molecule has 0 aromatic rings. The molecule has 3 aliphatic rings. The Kier molecular flexibility index (Phi) is 4.93. The van der Waals surface area contributed by atoms with E-state index in [-0.39, 0.29) is 0 Å². The third-order valence-corrected chi connectivity index (χ3v) is 7.38. The Labute approximate surface area is 128 Å². The van der Waals surface area contributed by atoms with Crippen molar-refractivity contribution >= 4 is 15.9 Å². The van der Waals surface area contributed by atoms with Crippen LogP contribution in [0.4, 0.5) is 0 Å². The van der Waals surface area contributed by atoms with E-state index in [1.807, 2.05) is 0 Å². The summed E-state index contributed by atoms with van der Waals surface area (Å²) in [6, 6.07) is 0. The van der Waals surface area contributed by atoms with Gasteiger partial charge in [-0.05, 0) is 74.5 Å². The van der Waals surface area contributed by atoms with Gasteiger partial charge < -0.3 is 0 Å². The normalized spacial score (nSPS) is 46.4. The van der Waals surface area contributed by atoms with Crippen molar-refractivity contribution in [2.24, 2.45) is 29.6 Å². The quantitative estimate of drug-likeness (QED) is 0.543. The summed E-state index contributed by atoms with van der Waals surface area (Å²) in [5, 5.41) is 0. The molecular formula is C18H31Br. The van der Waals surface area contributed by atoms with Crippen molar-refractivity contribution in [2.45, 2.75) is 82.4 Å². The van der Waals surface area contributed by atoms with Crippen LogP contribution in [0.5, 0.6) is 0 Å². The van der Waals surface area contributed by atoms with E-state index >= 15 is 0 Å². The maximum Gasteiger partial charge on any atom is 0.0148 e. The number of fused-ring (bicyclic) bond motifs is 3. The molecule has 0 heterocycles. The molecule has 0 N–H and O–H groups in total. The van der Waals surface area contributed by atoms with Gasteiger partial charge in [-0.15, -0.1) is 0 Å². The zero-order valence-corrected chi connectivity index (χ0v) is 14.2. The largest absolute Gasteiger partial charge is 0.0891 e. The van der Waals surface area contributed by atoms with Gasteiger partial charge in [-0.3, -0.25) is 0 Å². The van der Waals surface area contributed by atoms with E-state index < -0.39 is 0 Å². The molecule has 3 saturated carbocycles. The van der Waals surface area contributed by atoms with Gasteiger partial charge in [-0.1, -0.05) is 48.5 Å². The number of alkyl halides is 1. The van der Waals surface area contributed by atoms with Crippen LogP contribution in [0.25, 0.3) is 0 Å². The molecule has 3 fully saturated rings. The van der Waals surface area contributed by atoms with Gasteiger partial charge in [0, 0.05) is 4.83 Å². The lowest BCUT2D eigenvalue weighted by molar-refractivity contribution is 0.0120. The molecule has 0 aromatic heterocycles. The van der Waals surface area contributed by atoms with Crippen LogP contribution < -0.4 is 0 Å². The fourth-order valence-corrected chi connectivity index (χ4v) is 6.33. The second-order valence-electron chi connectivity index (χ2n) is 7.66. The summed E-state index contributed by atoms with van der Waals surface area (Å²) < 4.78 is 0. The molecular weight excluding hydrogens is 296 g/mol. The van der Waals surface area contributed by atoms with Crippen molar-refractivity contribution in [2.75, 3.05) is 0 Å². The number of rotatable bonds is 3. The first-order chi connectivity index (χ1) is 9.28. The zero-order chi connectivity index (χ0) is 13.2. The van der Waals surface area contributed by atoms with E-state index in [0.29, 0.717) is 0 Å². The van der Waals surface area contributed by atoms with Gasteiger partial charge in [0.15, 0.2) is 0 Å². The lowest BCUT2D eigenvalue weighted by atomic mass is 9.56. The molecule has 0 bridgehead atoms. The van der Waals surface area contributed by atoms with Gasteiger partial charge in [0.05, 0.1) is 0 Å². The molecule has 3 rings (SSSR count). The molecule has 0 aromatic carbocycles. The van der Waals surface area contributed by atoms with Gasteiger partial charge in [0.25, 0.3) is 0 Å². The van der Waals surface area contributed by atoms with Crippen molar-refractivity contribution in [1.29, 1.82) is 0 Å². The lowest BCUT2D eigenvalue weighted by Gasteiger charge is -2.50. The first-order valence-electron chi connectivity index (χ1n) is 8.92. The van der Waals surface area contributed by atoms with E-state index in [1.54, 1.807) is 32.1 Å². The molecule has 4 unspecified atom stereocenters. The summed E-state index contributed by atoms with van der Waals surface area (Å²) in [6.45, 7) is 2.34. The molecule has 1 heteroatoms. The highest BCUT2D eigenvalue weighted by molar-refractivity contribution is 9.09. The SMILES string of the molecule is CCCC[C@@H]1CCC2C(CCC3C[C@H](Br)CCC32)C1. The van der Waals surface area contributed by atoms with E-state index in [1.165, 1.54) is 38.5 Å². The average molecular weight is 327 g/mol. The Morgan fingerprint density at radius 3 is 2.26 bits per heavy atom. The first kappa shape index (κ1) is 14.4. The van der Waals surface area contributed by atoms with Crippen molar-refractivity contribution in [3.05, 3.63) is 0 Å². The Morgan fingerprint density at radius 1 is 0.842 bits per heavy atom. The topological polar surface area (TPSA) is 0 Å².